The van der Waals surface area contributed by atoms with Gasteiger partial charge in [0.15, 0.2) is 0 Å². The van der Waals surface area contributed by atoms with Gasteiger partial charge < -0.3 is 10.0 Å². The zero-order chi connectivity index (χ0) is 17.4. The lowest BCUT2D eigenvalue weighted by Crippen LogP contribution is -2.38. The lowest BCUT2D eigenvalue weighted by Gasteiger charge is -2.26. The van der Waals surface area contributed by atoms with E-state index in [-0.39, 0.29) is 18.4 Å². The van der Waals surface area contributed by atoms with E-state index >= 15 is 0 Å². The van der Waals surface area contributed by atoms with E-state index in [0.717, 1.165) is 12.0 Å². The Labute approximate surface area is 148 Å². The summed E-state index contributed by atoms with van der Waals surface area (Å²) in [5, 5.41) is 8.66. The molecule has 0 aromatic heterocycles. The maximum absolute atomic E-state index is 12.7. The minimum absolute atomic E-state index is 0.00376. The number of hydrogen-bond donors (Lipinski definition) is 1. The van der Waals surface area contributed by atoms with Crippen LogP contribution in [0.1, 0.15) is 23.5 Å². The Hall–Kier alpha value is -1.84. The van der Waals surface area contributed by atoms with Crippen LogP contribution in [0.25, 0.3) is 0 Å². The summed E-state index contributed by atoms with van der Waals surface area (Å²) in [6.07, 6.45) is 1.26. The summed E-state index contributed by atoms with van der Waals surface area (Å²) < 4.78 is 0. The number of nitrogens with zero attached hydrogens (tertiary/aromatic N) is 1. The zero-order valence-corrected chi connectivity index (χ0v) is 14.7. The first-order valence-corrected chi connectivity index (χ1v) is 8.66. The first-order valence-electron chi connectivity index (χ1n) is 8.22. The molecule has 0 saturated heterocycles. The molecule has 0 bridgehead atoms. The molecule has 0 aliphatic rings. The summed E-state index contributed by atoms with van der Waals surface area (Å²) in [4.78, 5) is 14.3. The van der Waals surface area contributed by atoms with Gasteiger partial charge in [-0.15, -0.1) is 11.6 Å². The van der Waals surface area contributed by atoms with Crippen molar-refractivity contribution < 1.29 is 9.90 Å². The van der Waals surface area contributed by atoms with E-state index in [0.29, 0.717) is 13.0 Å². The van der Waals surface area contributed by atoms with Crippen LogP contribution < -0.4 is 0 Å². The van der Waals surface area contributed by atoms with Crippen LogP contribution >= 0.6 is 11.6 Å². The molecule has 3 nitrogen and oxygen atoms in total. The largest absolute Gasteiger partial charge is 0.396 e. The van der Waals surface area contributed by atoms with Gasteiger partial charge in [0, 0.05) is 26.1 Å². The lowest BCUT2D eigenvalue weighted by atomic mass is 9.92. The van der Waals surface area contributed by atoms with E-state index < -0.39 is 5.38 Å². The summed E-state index contributed by atoms with van der Waals surface area (Å²) in [5.74, 6) is -0.292. The van der Waals surface area contributed by atoms with Crippen LogP contribution in [0.5, 0.6) is 0 Å². The summed E-state index contributed by atoms with van der Waals surface area (Å²) in [6, 6.07) is 19.7. The van der Waals surface area contributed by atoms with Gasteiger partial charge in [0.05, 0.1) is 0 Å². The molecule has 4 heteroatoms. The van der Waals surface area contributed by atoms with Crippen molar-refractivity contribution in [2.45, 2.75) is 24.1 Å². The van der Waals surface area contributed by atoms with Gasteiger partial charge >= 0.3 is 0 Å². The van der Waals surface area contributed by atoms with Gasteiger partial charge in [0.1, 0.15) is 5.38 Å². The summed E-state index contributed by atoms with van der Waals surface area (Å²) in [5.41, 5.74) is 2.18. The normalized spacial score (nSPS) is 13.3. The van der Waals surface area contributed by atoms with E-state index in [9.17, 15) is 9.90 Å². The van der Waals surface area contributed by atoms with E-state index in [2.05, 4.69) is 12.1 Å². The SMILES string of the molecule is CN(CCc1ccccc1)C(=O)C(Cl)C(CCO)c1ccccc1. The van der Waals surface area contributed by atoms with Crippen molar-refractivity contribution in [3.05, 3.63) is 71.8 Å². The maximum Gasteiger partial charge on any atom is 0.241 e. The Morgan fingerprint density at radius 3 is 2.25 bits per heavy atom. The third kappa shape index (κ3) is 5.08. The summed E-state index contributed by atoms with van der Waals surface area (Å²) >= 11 is 6.48. The van der Waals surface area contributed by atoms with Crippen LogP contribution in [0.4, 0.5) is 0 Å². The third-order valence-corrected chi connectivity index (χ3v) is 4.70. The molecule has 0 fully saturated rings. The molecular weight excluding hydrogens is 322 g/mol. The quantitative estimate of drug-likeness (QED) is 0.744. The molecule has 2 unspecified atom stereocenters. The number of benzene rings is 2. The molecule has 24 heavy (non-hydrogen) atoms. The van der Waals surface area contributed by atoms with E-state index in [4.69, 9.17) is 11.6 Å². The Kier molecular flexibility index (Phi) is 7.29. The molecule has 1 N–H and O–H groups in total. The number of carbonyl (C=O) groups is 1. The van der Waals surface area contributed by atoms with Gasteiger partial charge in [-0.1, -0.05) is 60.7 Å². The lowest BCUT2D eigenvalue weighted by molar-refractivity contribution is -0.130. The molecule has 1 amide bonds. The summed E-state index contributed by atoms with van der Waals surface area (Å²) in [7, 11) is 1.78. The predicted molar refractivity (Wildman–Crippen MR) is 98.3 cm³/mol. The Bertz CT molecular complexity index is 618. The second kappa shape index (κ2) is 9.45. The molecule has 0 aliphatic heterocycles. The van der Waals surface area contributed by atoms with Crippen molar-refractivity contribution in [1.82, 2.24) is 4.90 Å². The highest BCUT2D eigenvalue weighted by Crippen LogP contribution is 2.28. The van der Waals surface area contributed by atoms with Crippen molar-refractivity contribution in [2.24, 2.45) is 0 Å². The number of rotatable bonds is 8. The topological polar surface area (TPSA) is 40.5 Å². The van der Waals surface area contributed by atoms with Crippen molar-refractivity contribution in [2.75, 3.05) is 20.2 Å². The fraction of sp³-hybridized carbons (Fsp3) is 0.350. The summed E-state index contributed by atoms with van der Waals surface area (Å²) in [6.45, 7) is 0.622. The van der Waals surface area contributed by atoms with E-state index in [1.807, 2.05) is 48.5 Å². The minimum Gasteiger partial charge on any atom is -0.396 e. The smallest absolute Gasteiger partial charge is 0.241 e. The van der Waals surface area contributed by atoms with Crippen LogP contribution in [0, 0.1) is 0 Å². The van der Waals surface area contributed by atoms with Crippen molar-refractivity contribution >= 4 is 17.5 Å². The average molecular weight is 346 g/mol. The van der Waals surface area contributed by atoms with Crippen LogP contribution in [0.15, 0.2) is 60.7 Å². The molecule has 2 aromatic rings. The highest BCUT2D eigenvalue weighted by Gasteiger charge is 2.29. The minimum atomic E-state index is -0.680. The fourth-order valence-corrected chi connectivity index (χ4v) is 3.19. The highest BCUT2D eigenvalue weighted by molar-refractivity contribution is 6.31. The number of halogens is 1. The van der Waals surface area contributed by atoms with Crippen molar-refractivity contribution in [3.8, 4) is 0 Å². The van der Waals surface area contributed by atoms with Crippen LogP contribution in [0.2, 0.25) is 0 Å². The number of hydrogen-bond acceptors (Lipinski definition) is 2. The number of aliphatic hydroxyl groups is 1. The monoisotopic (exact) mass is 345 g/mol. The van der Waals surface area contributed by atoms with Crippen molar-refractivity contribution in [1.29, 1.82) is 0 Å². The van der Waals surface area contributed by atoms with Crippen LogP contribution in [-0.2, 0) is 11.2 Å². The second-order valence-electron chi connectivity index (χ2n) is 5.93. The fourth-order valence-electron chi connectivity index (χ4n) is 2.76. The highest BCUT2D eigenvalue weighted by atomic mass is 35.5. The van der Waals surface area contributed by atoms with Crippen LogP contribution in [0.3, 0.4) is 0 Å². The average Bonchev–Trinajstić information content (AvgIpc) is 2.64. The molecule has 0 saturated carbocycles. The molecule has 0 spiro atoms. The van der Waals surface area contributed by atoms with Gasteiger partial charge in [-0.25, -0.2) is 0 Å². The van der Waals surface area contributed by atoms with E-state index in [1.165, 1.54) is 5.56 Å². The predicted octanol–water partition coefficient (Wildman–Crippen LogP) is 3.46. The van der Waals surface area contributed by atoms with Gasteiger partial charge in [-0.3, -0.25) is 4.79 Å². The van der Waals surface area contributed by atoms with Gasteiger partial charge in [0.25, 0.3) is 0 Å². The van der Waals surface area contributed by atoms with Crippen LogP contribution in [-0.4, -0.2) is 41.5 Å². The van der Waals surface area contributed by atoms with E-state index in [1.54, 1.807) is 11.9 Å². The van der Waals surface area contributed by atoms with Crippen molar-refractivity contribution in [3.63, 3.8) is 0 Å². The third-order valence-electron chi connectivity index (χ3n) is 4.21. The first-order chi connectivity index (χ1) is 11.6. The molecule has 0 radical (unpaired) electrons. The molecule has 0 aliphatic carbocycles. The van der Waals surface area contributed by atoms with Gasteiger partial charge in [0.2, 0.25) is 5.91 Å². The second-order valence-corrected chi connectivity index (χ2v) is 6.40. The molecular formula is C20H24ClNO2. The zero-order valence-electron chi connectivity index (χ0n) is 13.9. The Morgan fingerprint density at radius 2 is 1.67 bits per heavy atom. The van der Waals surface area contributed by atoms with Gasteiger partial charge in [-0.2, -0.15) is 0 Å². The first kappa shape index (κ1) is 18.5. The molecule has 128 valence electrons. The number of amides is 1. The maximum atomic E-state index is 12.7. The molecule has 2 rings (SSSR count). The standard InChI is InChI=1S/C20H24ClNO2/c1-22(14-12-16-8-4-2-5-9-16)20(24)19(21)18(13-15-23)17-10-6-3-7-11-17/h2-11,18-19,23H,12-15H2,1H3. The number of carbonyl (C=O) groups excluding carboxylic acids is 1. The number of aliphatic hydroxyl groups excluding tert-OH is 1. The molecule has 0 heterocycles. The Balaban J connectivity index is 2.00. The molecule has 2 atom stereocenters. The number of alkyl halides is 1. The Morgan fingerprint density at radius 1 is 1.08 bits per heavy atom. The molecule has 2 aromatic carbocycles. The number of likely N-dealkylation sites (N-methyl/N-ethyl adjacent to an activating group) is 1. The van der Waals surface area contributed by atoms with Gasteiger partial charge in [-0.05, 0) is 24.0 Å².